The van der Waals surface area contributed by atoms with Gasteiger partial charge in [0.25, 0.3) is 0 Å². The van der Waals surface area contributed by atoms with Crippen LogP contribution in [0.1, 0.15) is 25.3 Å². The molecule has 2 N–H and O–H groups in total. The standard InChI is InChI=1S/C26H36N6O/c1-21(30-15-17-31(18-16-30)23-7-4-3-5-8-23)19-28-26(27-2)29-20-22-10-12-24(13-11-22)32-14-6-9-25(32)33/h3-5,7-8,10-13,21H,6,9,14-20H2,1-2H3,(H2,27,28,29). The van der Waals surface area contributed by atoms with Gasteiger partial charge in [-0.3, -0.25) is 14.7 Å². The topological polar surface area (TPSA) is 63.2 Å². The van der Waals surface area contributed by atoms with Crippen molar-refractivity contribution in [2.45, 2.75) is 32.4 Å². The zero-order valence-electron chi connectivity index (χ0n) is 19.8. The van der Waals surface area contributed by atoms with Gasteiger partial charge in [0.2, 0.25) is 5.91 Å². The molecule has 2 fully saturated rings. The minimum absolute atomic E-state index is 0.223. The van der Waals surface area contributed by atoms with Gasteiger partial charge in [0, 0.05) is 76.7 Å². The van der Waals surface area contributed by atoms with Crippen molar-refractivity contribution in [3.8, 4) is 0 Å². The number of nitrogens with zero attached hydrogens (tertiary/aromatic N) is 4. The van der Waals surface area contributed by atoms with Crippen LogP contribution in [0, 0.1) is 0 Å². The van der Waals surface area contributed by atoms with Crippen molar-refractivity contribution in [1.82, 2.24) is 15.5 Å². The Labute approximate surface area is 197 Å². The van der Waals surface area contributed by atoms with Crippen molar-refractivity contribution in [3.63, 3.8) is 0 Å². The molecule has 0 spiro atoms. The first-order chi connectivity index (χ1) is 16.1. The molecule has 4 rings (SSSR count). The lowest BCUT2D eigenvalue weighted by Gasteiger charge is -2.39. The van der Waals surface area contributed by atoms with Crippen LogP contribution in [0.15, 0.2) is 59.6 Å². The highest BCUT2D eigenvalue weighted by Crippen LogP contribution is 2.21. The summed E-state index contributed by atoms with van der Waals surface area (Å²) >= 11 is 0. The third kappa shape index (κ3) is 6.05. The maximum Gasteiger partial charge on any atom is 0.227 e. The summed E-state index contributed by atoms with van der Waals surface area (Å²) in [6.07, 6.45) is 1.61. The lowest BCUT2D eigenvalue weighted by molar-refractivity contribution is -0.117. The van der Waals surface area contributed by atoms with Gasteiger partial charge in [0.15, 0.2) is 5.96 Å². The first kappa shape index (κ1) is 23.1. The Morgan fingerprint density at radius 1 is 0.939 bits per heavy atom. The number of carbonyl (C=O) groups excluding carboxylic acids is 1. The van der Waals surface area contributed by atoms with Gasteiger partial charge in [0.1, 0.15) is 0 Å². The molecule has 1 atom stereocenters. The quantitative estimate of drug-likeness (QED) is 0.504. The molecule has 2 aliphatic rings. The molecule has 0 aromatic heterocycles. The van der Waals surface area contributed by atoms with E-state index in [1.54, 1.807) is 7.05 Å². The van der Waals surface area contributed by atoms with E-state index in [1.165, 1.54) is 11.3 Å². The maximum atomic E-state index is 11.9. The lowest BCUT2D eigenvalue weighted by atomic mass is 10.2. The number of rotatable bonds is 7. The van der Waals surface area contributed by atoms with Gasteiger partial charge in [-0.2, -0.15) is 0 Å². The van der Waals surface area contributed by atoms with E-state index in [0.29, 0.717) is 19.0 Å². The minimum atomic E-state index is 0.223. The van der Waals surface area contributed by atoms with Crippen molar-refractivity contribution >= 4 is 23.2 Å². The number of amides is 1. The van der Waals surface area contributed by atoms with Gasteiger partial charge < -0.3 is 20.4 Å². The number of guanidine groups is 1. The van der Waals surface area contributed by atoms with E-state index < -0.39 is 0 Å². The molecule has 176 valence electrons. The van der Waals surface area contributed by atoms with E-state index >= 15 is 0 Å². The Morgan fingerprint density at radius 2 is 1.67 bits per heavy atom. The summed E-state index contributed by atoms with van der Waals surface area (Å²) in [4.78, 5) is 23.2. The zero-order chi connectivity index (χ0) is 23.0. The molecule has 0 bridgehead atoms. The lowest BCUT2D eigenvalue weighted by Crippen LogP contribution is -2.53. The predicted octanol–water partition coefficient (Wildman–Crippen LogP) is 2.69. The number of para-hydroxylation sites is 1. The normalized spacial score (nSPS) is 18.5. The van der Waals surface area contributed by atoms with Crippen molar-refractivity contribution in [3.05, 3.63) is 60.2 Å². The van der Waals surface area contributed by atoms with Gasteiger partial charge in [-0.15, -0.1) is 0 Å². The molecule has 1 amide bonds. The SMILES string of the molecule is CN=C(NCc1ccc(N2CCCC2=O)cc1)NCC(C)N1CCN(c2ccccc2)CC1. The summed E-state index contributed by atoms with van der Waals surface area (Å²) in [7, 11) is 1.81. The molecule has 2 saturated heterocycles. The summed E-state index contributed by atoms with van der Waals surface area (Å²) in [6.45, 7) is 8.88. The smallest absolute Gasteiger partial charge is 0.227 e. The largest absolute Gasteiger partial charge is 0.369 e. The van der Waals surface area contributed by atoms with Crippen LogP contribution in [0.5, 0.6) is 0 Å². The van der Waals surface area contributed by atoms with Gasteiger partial charge in [-0.1, -0.05) is 30.3 Å². The third-order valence-corrected chi connectivity index (χ3v) is 6.63. The van der Waals surface area contributed by atoms with Crippen LogP contribution in [0.2, 0.25) is 0 Å². The molecule has 2 aliphatic heterocycles. The van der Waals surface area contributed by atoms with Crippen LogP contribution in [-0.4, -0.2) is 69.1 Å². The summed E-state index contributed by atoms with van der Waals surface area (Å²) in [5, 5.41) is 6.87. The van der Waals surface area contributed by atoms with Crippen molar-refractivity contribution < 1.29 is 4.79 Å². The molecule has 1 unspecified atom stereocenters. The zero-order valence-corrected chi connectivity index (χ0v) is 19.8. The highest BCUT2D eigenvalue weighted by molar-refractivity contribution is 5.95. The van der Waals surface area contributed by atoms with Crippen LogP contribution in [0.4, 0.5) is 11.4 Å². The molecular weight excluding hydrogens is 412 g/mol. The van der Waals surface area contributed by atoms with E-state index in [4.69, 9.17) is 0 Å². The average molecular weight is 449 g/mol. The second kappa shape index (κ2) is 11.2. The Hall–Kier alpha value is -3.06. The fraction of sp³-hybridized carbons (Fsp3) is 0.462. The van der Waals surface area contributed by atoms with E-state index in [9.17, 15) is 4.79 Å². The molecule has 2 aromatic carbocycles. The number of hydrogen-bond donors (Lipinski definition) is 2. The summed E-state index contributed by atoms with van der Waals surface area (Å²) in [5.41, 5.74) is 3.47. The predicted molar refractivity (Wildman–Crippen MR) is 136 cm³/mol. The first-order valence-electron chi connectivity index (χ1n) is 12.0. The van der Waals surface area contributed by atoms with E-state index in [0.717, 1.165) is 57.3 Å². The molecule has 0 saturated carbocycles. The van der Waals surface area contributed by atoms with Crippen LogP contribution in [0.3, 0.4) is 0 Å². The first-order valence-corrected chi connectivity index (χ1v) is 12.0. The van der Waals surface area contributed by atoms with E-state index in [1.807, 2.05) is 17.0 Å². The fourth-order valence-corrected chi connectivity index (χ4v) is 4.55. The number of piperazine rings is 1. The molecular formula is C26H36N6O. The van der Waals surface area contributed by atoms with Crippen LogP contribution >= 0.6 is 0 Å². The van der Waals surface area contributed by atoms with Crippen LogP contribution in [0.25, 0.3) is 0 Å². The highest BCUT2D eigenvalue weighted by Gasteiger charge is 2.22. The molecule has 33 heavy (non-hydrogen) atoms. The van der Waals surface area contributed by atoms with Crippen molar-refractivity contribution in [2.24, 2.45) is 4.99 Å². The highest BCUT2D eigenvalue weighted by atomic mass is 16.2. The molecule has 7 heteroatoms. The second-order valence-corrected chi connectivity index (χ2v) is 8.83. The Balaban J connectivity index is 1.19. The Bertz CT molecular complexity index is 922. The van der Waals surface area contributed by atoms with Gasteiger partial charge in [-0.25, -0.2) is 0 Å². The summed E-state index contributed by atoms with van der Waals surface area (Å²) in [5.74, 6) is 1.03. The summed E-state index contributed by atoms with van der Waals surface area (Å²) in [6, 6.07) is 19.3. The van der Waals surface area contributed by atoms with Gasteiger partial charge in [0.05, 0.1) is 0 Å². The van der Waals surface area contributed by atoms with Gasteiger partial charge >= 0.3 is 0 Å². The van der Waals surface area contributed by atoms with E-state index in [-0.39, 0.29) is 5.91 Å². The fourth-order valence-electron chi connectivity index (χ4n) is 4.55. The molecule has 7 nitrogen and oxygen atoms in total. The number of anilines is 2. The van der Waals surface area contributed by atoms with E-state index in [2.05, 4.69) is 74.8 Å². The molecule has 2 heterocycles. The number of carbonyl (C=O) groups is 1. The minimum Gasteiger partial charge on any atom is -0.369 e. The molecule has 0 aliphatic carbocycles. The number of benzene rings is 2. The van der Waals surface area contributed by atoms with Crippen molar-refractivity contribution in [1.29, 1.82) is 0 Å². The average Bonchev–Trinajstić information content (AvgIpc) is 3.30. The Morgan fingerprint density at radius 3 is 2.30 bits per heavy atom. The van der Waals surface area contributed by atoms with Crippen LogP contribution in [-0.2, 0) is 11.3 Å². The Kier molecular flexibility index (Phi) is 7.83. The monoisotopic (exact) mass is 448 g/mol. The third-order valence-electron chi connectivity index (χ3n) is 6.63. The molecule has 0 radical (unpaired) electrons. The number of aliphatic imine (C=N–C) groups is 1. The number of hydrogen-bond acceptors (Lipinski definition) is 4. The number of nitrogens with one attached hydrogen (secondary N) is 2. The van der Waals surface area contributed by atoms with Crippen molar-refractivity contribution in [2.75, 3.05) is 56.1 Å². The van der Waals surface area contributed by atoms with Gasteiger partial charge in [-0.05, 0) is 43.2 Å². The maximum absolute atomic E-state index is 11.9. The van der Waals surface area contributed by atoms with Crippen LogP contribution < -0.4 is 20.4 Å². The second-order valence-electron chi connectivity index (χ2n) is 8.83. The molecule has 2 aromatic rings. The summed E-state index contributed by atoms with van der Waals surface area (Å²) < 4.78 is 0.